The smallest absolute Gasteiger partial charge is 0.304 e. The molecule has 0 amide bonds. The highest BCUT2D eigenvalue weighted by Gasteiger charge is 2.14. The molecule has 0 unspecified atom stereocenters. The molecular formula is C29H21ClN2O3S. The molecule has 0 aliphatic heterocycles. The third kappa shape index (κ3) is 6.49. The summed E-state index contributed by atoms with van der Waals surface area (Å²) < 4.78 is 31.5. The Hall–Kier alpha value is -4.15. The van der Waals surface area contributed by atoms with Crippen molar-refractivity contribution in [2.75, 3.05) is 5.32 Å². The van der Waals surface area contributed by atoms with Crippen LogP contribution < -0.4 is 5.32 Å². The van der Waals surface area contributed by atoms with Gasteiger partial charge in [-0.1, -0.05) is 78.3 Å². The lowest BCUT2D eigenvalue weighted by Crippen LogP contribution is -1.97. The van der Waals surface area contributed by atoms with Crippen molar-refractivity contribution in [1.29, 1.82) is 0 Å². The van der Waals surface area contributed by atoms with E-state index < -0.39 is 15.1 Å². The van der Waals surface area contributed by atoms with Crippen molar-refractivity contribution in [1.82, 2.24) is 0 Å². The Kier molecular flexibility index (Phi) is 7.67. The molecule has 0 atom stereocenters. The van der Waals surface area contributed by atoms with Crippen LogP contribution in [0.15, 0.2) is 108 Å². The monoisotopic (exact) mass is 512 g/mol. The summed E-state index contributed by atoms with van der Waals surface area (Å²) in [4.78, 5) is 2.86. The molecule has 0 radical (unpaired) electrons. The van der Waals surface area contributed by atoms with Gasteiger partial charge in [0.25, 0.3) is 0 Å². The minimum Gasteiger partial charge on any atom is -0.356 e. The first kappa shape index (κ1) is 25.0. The first-order valence-electron chi connectivity index (χ1n) is 10.9. The summed E-state index contributed by atoms with van der Waals surface area (Å²) in [6.07, 6.45) is 3.26. The first-order valence-corrected chi connectivity index (χ1v) is 12.7. The van der Waals surface area contributed by atoms with Crippen LogP contribution in [0.4, 0.5) is 11.4 Å². The second-order valence-electron chi connectivity index (χ2n) is 7.87. The van der Waals surface area contributed by atoms with Gasteiger partial charge in [0.1, 0.15) is 0 Å². The molecule has 178 valence electrons. The fraction of sp³-hybridized carbons (Fsp3) is 0. The second kappa shape index (κ2) is 11.1. The van der Waals surface area contributed by atoms with Crippen LogP contribution in [0.1, 0.15) is 22.3 Å². The standard InChI is InChI=1S/C29H21ClN2O3S/c1-31-29(36(33,34)35)20-22-9-17-27(18-10-22)32-26-15-7-21(8-16-26)19-28(23-5-3-2-4-6-23)24-11-13-25(30)14-12-24/h2-20,32H,(H,33,34,35)/b28-19+,29-20+. The minimum absolute atomic E-state index is 0.486. The number of nitrogens with zero attached hydrogens (tertiary/aromatic N) is 1. The molecule has 0 heterocycles. The van der Waals surface area contributed by atoms with E-state index in [1.807, 2.05) is 66.7 Å². The number of rotatable bonds is 7. The molecule has 0 spiro atoms. The Labute approximate surface area is 215 Å². The van der Waals surface area contributed by atoms with Crippen LogP contribution in [0.5, 0.6) is 0 Å². The number of halogens is 1. The van der Waals surface area contributed by atoms with Gasteiger partial charge in [-0.25, -0.2) is 13.3 Å². The van der Waals surface area contributed by atoms with Crippen molar-refractivity contribution >= 4 is 50.8 Å². The maximum Gasteiger partial charge on any atom is 0.304 e. The van der Waals surface area contributed by atoms with Gasteiger partial charge in [0, 0.05) is 16.4 Å². The van der Waals surface area contributed by atoms with E-state index in [0.29, 0.717) is 10.6 Å². The van der Waals surface area contributed by atoms with Crippen molar-refractivity contribution in [3.8, 4) is 0 Å². The lowest BCUT2D eigenvalue weighted by atomic mass is 9.96. The maximum atomic E-state index is 11.2. The Balaban J connectivity index is 1.54. The fourth-order valence-corrected chi connectivity index (χ4v) is 4.07. The summed E-state index contributed by atoms with van der Waals surface area (Å²) >= 11 is 6.09. The molecule has 7 heteroatoms. The topological polar surface area (TPSA) is 70.8 Å². The molecular weight excluding hydrogens is 492 g/mol. The van der Waals surface area contributed by atoms with E-state index in [1.54, 1.807) is 24.3 Å². The van der Waals surface area contributed by atoms with Crippen molar-refractivity contribution < 1.29 is 13.0 Å². The SMILES string of the molecule is [C-]#[N+]/C(=C\c1ccc(Nc2ccc(/C=C(\c3ccccc3)c3ccc(Cl)cc3)cc2)cc1)S(=O)(=O)O. The molecule has 0 aliphatic rings. The van der Waals surface area contributed by atoms with Gasteiger partial charge in [-0.2, -0.15) is 0 Å². The maximum absolute atomic E-state index is 11.2. The van der Waals surface area contributed by atoms with Gasteiger partial charge in [0.05, 0.1) is 6.57 Å². The molecule has 4 rings (SSSR count). The molecule has 4 aromatic carbocycles. The number of hydrogen-bond donors (Lipinski definition) is 2. The third-order valence-electron chi connectivity index (χ3n) is 5.33. The zero-order valence-corrected chi connectivity index (χ0v) is 20.5. The van der Waals surface area contributed by atoms with Crippen LogP contribution >= 0.6 is 11.6 Å². The summed E-state index contributed by atoms with van der Waals surface area (Å²) in [7, 11) is -4.54. The van der Waals surface area contributed by atoms with E-state index in [9.17, 15) is 8.42 Å². The molecule has 0 fully saturated rings. The largest absolute Gasteiger partial charge is 0.356 e. The van der Waals surface area contributed by atoms with Crippen molar-refractivity contribution in [3.63, 3.8) is 0 Å². The van der Waals surface area contributed by atoms with Crippen LogP contribution in [0.3, 0.4) is 0 Å². The number of nitrogens with one attached hydrogen (secondary N) is 1. The summed E-state index contributed by atoms with van der Waals surface area (Å²) in [5.41, 5.74) is 6.44. The highest BCUT2D eigenvalue weighted by atomic mass is 35.5. The predicted molar refractivity (Wildman–Crippen MR) is 147 cm³/mol. The zero-order valence-electron chi connectivity index (χ0n) is 19.0. The average molecular weight is 513 g/mol. The molecule has 0 saturated heterocycles. The molecule has 4 aromatic rings. The van der Waals surface area contributed by atoms with Gasteiger partial charge in [-0.05, 0) is 76.4 Å². The van der Waals surface area contributed by atoms with E-state index in [1.165, 1.54) is 0 Å². The van der Waals surface area contributed by atoms with Crippen LogP contribution in [0.2, 0.25) is 5.02 Å². The summed E-state index contributed by atoms with van der Waals surface area (Å²) in [6, 6.07) is 32.8. The third-order valence-corrected chi connectivity index (χ3v) is 6.32. The Morgan fingerprint density at radius 2 is 1.25 bits per heavy atom. The lowest BCUT2D eigenvalue weighted by molar-refractivity contribution is 0.492. The number of benzene rings is 4. The van der Waals surface area contributed by atoms with Gasteiger partial charge in [-0.3, -0.25) is 4.55 Å². The van der Waals surface area contributed by atoms with Crippen LogP contribution in [0, 0.1) is 6.57 Å². The van der Waals surface area contributed by atoms with Crippen molar-refractivity contribution in [2.45, 2.75) is 0 Å². The van der Waals surface area contributed by atoms with E-state index in [0.717, 1.165) is 39.7 Å². The van der Waals surface area contributed by atoms with Crippen LogP contribution in [-0.4, -0.2) is 13.0 Å². The summed E-state index contributed by atoms with van der Waals surface area (Å²) in [5, 5.41) is 3.26. The molecule has 0 aromatic heterocycles. The van der Waals surface area contributed by atoms with Gasteiger partial charge in [0.15, 0.2) is 0 Å². The van der Waals surface area contributed by atoms with E-state index in [2.05, 4.69) is 28.4 Å². The van der Waals surface area contributed by atoms with E-state index >= 15 is 0 Å². The highest BCUT2D eigenvalue weighted by molar-refractivity contribution is 7.90. The van der Waals surface area contributed by atoms with Crippen LogP contribution in [-0.2, 0) is 10.1 Å². The van der Waals surface area contributed by atoms with E-state index in [4.69, 9.17) is 22.7 Å². The number of anilines is 2. The van der Waals surface area contributed by atoms with Crippen molar-refractivity contribution in [2.24, 2.45) is 0 Å². The molecule has 36 heavy (non-hydrogen) atoms. The van der Waals surface area contributed by atoms with Gasteiger partial charge >= 0.3 is 15.1 Å². The normalized spacial score (nSPS) is 12.1. The number of hydrogen-bond acceptors (Lipinski definition) is 3. The quantitative estimate of drug-likeness (QED) is 0.151. The van der Waals surface area contributed by atoms with Gasteiger partial charge in [-0.15, -0.1) is 0 Å². The Bertz CT molecular complexity index is 1550. The zero-order chi connectivity index (χ0) is 25.5. The molecule has 0 aliphatic carbocycles. The van der Waals surface area contributed by atoms with E-state index in [-0.39, 0.29) is 0 Å². The highest BCUT2D eigenvalue weighted by Crippen LogP contribution is 2.28. The van der Waals surface area contributed by atoms with Crippen LogP contribution in [0.25, 0.3) is 22.6 Å². The first-order chi connectivity index (χ1) is 17.3. The summed E-state index contributed by atoms with van der Waals surface area (Å²) in [6.45, 7) is 6.92. The molecule has 0 saturated carbocycles. The predicted octanol–water partition coefficient (Wildman–Crippen LogP) is 7.78. The molecule has 0 bridgehead atoms. The van der Waals surface area contributed by atoms with Gasteiger partial charge < -0.3 is 5.32 Å². The summed E-state index contributed by atoms with van der Waals surface area (Å²) in [5.74, 6) is 0. The lowest BCUT2D eigenvalue weighted by Gasteiger charge is -2.10. The molecule has 5 nitrogen and oxygen atoms in total. The second-order valence-corrected chi connectivity index (χ2v) is 9.67. The Morgan fingerprint density at radius 3 is 1.75 bits per heavy atom. The minimum atomic E-state index is -4.54. The Morgan fingerprint density at radius 1 is 0.750 bits per heavy atom. The van der Waals surface area contributed by atoms with Gasteiger partial charge in [0.2, 0.25) is 0 Å². The molecule has 2 N–H and O–H groups in total. The average Bonchev–Trinajstić information content (AvgIpc) is 2.88. The fourth-order valence-electron chi connectivity index (χ4n) is 3.55. The van der Waals surface area contributed by atoms with Crippen molar-refractivity contribution in [3.05, 3.63) is 147 Å².